The van der Waals surface area contributed by atoms with Gasteiger partial charge in [0.25, 0.3) is 5.91 Å². The first-order valence-electron chi connectivity index (χ1n) is 10.3. The summed E-state index contributed by atoms with van der Waals surface area (Å²) in [6.45, 7) is 4.39. The average Bonchev–Trinajstić information content (AvgIpc) is 2.77. The number of carbonyl (C=O) groups excluding carboxylic acids is 1. The van der Waals surface area contributed by atoms with E-state index in [1.807, 2.05) is 68.4 Å². The van der Waals surface area contributed by atoms with Gasteiger partial charge >= 0.3 is 0 Å². The van der Waals surface area contributed by atoms with E-state index in [0.29, 0.717) is 17.9 Å². The molecule has 0 unspecified atom stereocenters. The average molecular weight is 404 g/mol. The standard InChI is InChI=1S/C26H29NO3/c1-19-8-7-11-24(16-19)30-18-23-17-22(14-15-25(23)29-3)26(28)27-20(2)12-13-21-9-5-4-6-10-21/h4-11,14-17,20H,12-13,18H2,1-3H3,(H,27,28)/t20-/m1/s1. The van der Waals surface area contributed by atoms with Crippen molar-refractivity contribution in [2.75, 3.05) is 7.11 Å². The van der Waals surface area contributed by atoms with Gasteiger partial charge in [0.05, 0.1) is 7.11 Å². The van der Waals surface area contributed by atoms with Gasteiger partial charge in [-0.1, -0.05) is 42.5 Å². The van der Waals surface area contributed by atoms with E-state index >= 15 is 0 Å². The van der Waals surface area contributed by atoms with Crippen molar-refractivity contribution in [1.82, 2.24) is 5.32 Å². The highest BCUT2D eigenvalue weighted by Crippen LogP contribution is 2.23. The van der Waals surface area contributed by atoms with Crippen LogP contribution in [0.5, 0.6) is 11.5 Å². The van der Waals surface area contributed by atoms with Crippen molar-refractivity contribution in [2.45, 2.75) is 39.3 Å². The number of hydrogen-bond donors (Lipinski definition) is 1. The van der Waals surface area contributed by atoms with Crippen LogP contribution in [-0.4, -0.2) is 19.1 Å². The second-order valence-corrected chi connectivity index (χ2v) is 7.53. The molecule has 1 atom stereocenters. The van der Waals surface area contributed by atoms with Crippen molar-refractivity contribution in [3.05, 3.63) is 95.1 Å². The summed E-state index contributed by atoms with van der Waals surface area (Å²) in [5.41, 5.74) is 3.85. The summed E-state index contributed by atoms with van der Waals surface area (Å²) >= 11 is 0. The maximum atomic E-state index is 12.7. The van der Waals surface area contributed by atoms with Crippen LogP contribution in [0.15, 0.2) is 72.8 Å². The lowest BCUT2D eigenvalue weighted by atomic mass is 10.1. The van der Waals surface area contributed by atoms with Crippen LogP contribution in [0.3, 0.4) is 0 Å². The molecule has 0 fully saturated rings. The normalized spacial score (nSPS) is 11.6. The molecule has 0 aliphatic carbocycles. The number of nitrogens with one attached hydrogen (secondary N) is 1. The van der Waals surface area contributed by atoms with Gasteiger partial charge in [-0.15, -0.1) is 0 Å². The molecule has 3 rings (SSSR count). The van der Waals surface area contributed by atoms with E-state index in [-0.39, 0.29) is 11.9 Å². The van der Waals surface area contributed by atoms with Crippen molar-refractivity contribution >= 4 is 5.91 Å². The summed E-state index contributed by atoms with van der Waals surface area (Å²) < 4.78 is 11.4. The Morgan fingerprint density at radius 2 is 1.80 bits per heavy atom. The highest BCUT2D eigenvalue weighted by atomic mass is 16.5. The molecular formula is C26H29NO3. The Morgan fingerprint density at radius 1 is 1.00 bits per heavy atom. The summed E-state index contributed by atoms with van der Waals surface area (Å²) in [7, 11) is 1.62. The summed E-state index contributed by atoms with van der Waals surface area (Å²) in [5, 5.41) is 3.09. The molecule has 1 amide bonds. The smallest absolute Gasteiger partial charge is 0.251 e. The van der Waals surface area contributed by atoms with Gasteiger partial charge in [-0.25, -0.2) is 0 Å². The Hall–Kier alpha value is -3.27. The molecule has 0 bridgehead atoms. The largest absolute Gasteiger partial charge is 0.496 e. The van der Waals surface area contributed by atoms with E-state index in [9.17, 15) is 4.79 Å². The van der Waals surface area contributed by atoms with Gasteiger partial charge in [0.2, 0.25) is 0 Å². The highest BCUT2D eigenvalue weighted by Gasteiger charge is 2.13. The molecule has 0 aliphatic rings. The van der Waals surface area contributed by atoms with Gasteiger partial charge in [0.1, 0.15) is 18.1 Å². The number of benzene rings is 3. The van der Waals surface area contributed by atoms with Crippen LogP contribution >= 0.6 is 0 Å². The van der Waals surface area contributed by atoms with Gasteiger partial charge in [-0.2, -0.15) is 0 Å². The number of methoxy groups -OCH3 is 1. The first kappa shape index (κ1) is 21.4. The first-order chi connectivity index (χ1) is 14.5. The van der Waals surface area contributed by atoms with Gasteiger partial charge in [-0.05, 0) is 68.1 Å². The Kier molecular flexibility index (Phi) is 7.50. The number of ether oxygens (including phenoxy) is 2. The maximum absolute atomic E-state index is 12.7. The molecule has 0 spiro atoms. The predicted octanol–water partition coefficient (Wildman–Crippen LogP) is 5.33. The quantitative estimate of drug-likeness (QED) is 0.525. The number of rotatable bonds is 9. The third-order valence-electron chi connectivity index (χ3n) is 5.01. The lowest BCUT2D eigenvalue weighted by Gasteiger charge is -2.16. The molecule has 3 aromatic carbocycles. The second kappa shape index (κ2) is 10.5. The predicted molar refractivity (Wildman–Crippen MR) is 120 cm³/mol. The number of amides is 1. The molecule has 0 saturated carbocycles. The summed E-state index contributed by atoms with van der Waals surface area (Å²) in [6.07, 6.45) is 1.82. The van der Waals surface area contributed by atoms with Crippen molar-refractivity contribution in [3.8, 4) is 11.5 Å². The van der Waals surface area contributed by atoms with E-state index < -0.39 is 0 Å². The zero-order valence-corrected chi connectivity index (χ0v) is 17.9. The highest BCUT2D eigenvalue weighted by molar-refractivity contribution is 5.94. The van der Waals surface area contributed by atoms with E-state index in [4.69, 9.17) is 9.47 Å². The zero-order chi connectivity index (χ0) is 21.3. The van der Waals surface area contributed by atoms with Crippen LogP contribution in [0.2, 0.25) is 0 Å². The Morgan fingerprint density at radius 3 is 2.53 bits per heavy atom. The first-order valence-corrected chi connectivity index (χ1v) is 10.3. The molecule has 4 nitrogen and oxygen atoms in total. The molecule has 3 aromatic rings. The van der Waals surface area contributed by atoms with Crippen LogP contribution in [0.25, 0.3) is 0 Å². The molecule has 156 valence electrons. The molecule has 0 heterocycles. The molecule has 4 heteroatoms. The fourth-order valence-corrected chi connectivity index (χ4v) is 3.31. The SMILES string of the molecule is COc1ccc(C(=O)N[C@H](C)CCc2ccccc2)cc1COc1cccc(C)c1. The number of hydrogen-bond acceptors (Lipinski definition) is 3. The Balaban J connectivity index is 1.61. The summed E-state index contributed by atoms with van der Waals surface area (Å²) in [6, 6.07) is 23.7. The van der Waals surface area contributed by atoms with Crippen LogP contribution in [0.1, 0.15) is 40.4 Å². The number of carbonyl (C=O) groups is 1. The minimum absolute atomic E-state index is 0.0757. The lowest BCUT2D eigenvalue weighted by molar-refractivity contribution is 0.0938. The molecule has 1 N–H and O–H groups in total. The fourth-order valence-electron chi connectivity index (χ4n) is 3.31. The Bertz CT molecular complexity index is 969. The lowest BCUT2D eigenvalue weighted by Crippen LogP contribution is -2.33. The fraction of sp³-hybridized carbons (Fsp3) is 0.269. The third-order valence-corrected chi connectivity index (χ3v) is 5.01. The van der Waals surface area contributed by atoms with Crippen molar-refractivity contribution < 1.29 is 14.3 Å². The van der Waals surface area contributed by atoms with Gasteiger partial charge in [-0.3, -0.25) is 4.79 Å². The molecule has 0 radical (unpaired) electrons. The van der Waals surface area contributed by atoms with Crippen molar-refractivity contribution in [1.29, 1.82) is 0 Å². The van der Waals surface area contributed by atoms with E-state index in [0.717, 1.165) is 29.7 Å². The van der Waals surface area contributed by atoms with E-state index in [2.05, 4.69) is 17.4 Å². The van der Waals surface area contributed by atoms with Crippen LogP contribution in [-0.2, 0) is 13.0 Å². The summed E-state index contributed by atoms with van der Waals surface area (Å²) in [4.78, 5) is 12.7. The Labute approximate surface area is 178 Å². The molecule has 0 aromatic heterocycles. The topological polar surface area (TPSA) is 47.6 Å². The van der Waals surface area contributed by atoms with Gasteiger partial charge < -0.3 is 14.8 Å². The van der Waals surface area contributed by atoms with Gasteiger partial charge in [0, 0.05) is 17.2 Å². The van der Waals surface area contributed by atoms with E-state index in [1.165, 1.54) is 5.56 Å². The van der Waals surface area contributed by atoms with E-state index in [1.54, 1.807) is 13.2 Å². The number of aryl methyl sites for hydroxylation is 2. The van der Waals surface area contributed by atoms with Crippen LogP contribution < -0.4 is 14.8 Å². The molecule has 30 heavy (non-hydrogen) atoms. The molecule has 0 saturated heterocycles. The second-order valence-electron chi connectivity index (χ2n) is 7.53. The molecular weight excluding hydrogens is 374 g/mol. The van der Waals surface area contributed by atoms with Crippen LogP contribution in [0.4, 0.5) is 0 Å². The van der Waals surface area contributed by atoms with Gasteiger partial charge in [0.15, 0.2) is 0 Å². The third kappa shape index (κ3) is 6.11. The maximum Gasteiger partial charge on any atom is 0.251 e. The van der Waals surface area contributed by atoms with Crippen molar-refractivity contribution in [2.24, 2.45) is 0 Å². The molecule has 0 aliphatic heterocycles. The monoisotopic (exact) mass is 403 g/mol. The zero-order valence-electron chi connectivity index (χ0n) is 17.9. The van der Waals surface area contributed by atoms with Crippen molar-refractivity contribution in [3.63, 3.8) is 0 Å². The minimum Gasteiger partial charge on any atom is -0.496 e. The summed E-state index contributed by atoms with van der Waals surface area (Å²) in [5.74, 6) is 1.41. The van der Waals surface area contributed by atoms with Crippen LogP contribution in [0, 0.1) is 6.92 Å². The minimum atomic E-state index is -0.0879.